The second-order valence-corrected chi connectivity index (χ2v) is 7.23. The number of likely N-dealkylation sites (tertiary alicyclic amines) is 1. The third-order valence-electron chi connectivity index (χ3n) is 4.43. The Hall–Kier alpha value is -2.08. The molecule has 0 unspecified atom stereocenters. The van der Waals surface area contributed by atoms with Crippen molar-refractivity contribution in [2.24, 2.45) is 0 Å². The molecule has 124 valence electrons. The van der Waals surface area contributed by atoms with Gasteiger partial charge in [-0.05, 0) is 38.8 Å². The van der Waals surface area contributed by atoms with Crippen LogP contribution < -0.4 is 5.32 Å². The highest BCUT2D eigenvalue weighted by atomic mass is 16.6. The lowest BCUT2D eigenvalue weighted by Crippen LogP contribution is -2.43. The van der Waals surface area contributed by atoms with Crippen LogP contribution in [0.15, 0.2) is 24.3 Å². The van der Waals surface area contributed by atoms with E-state index in [0.717, 1.165) is 11.3 Å². The topological polar surface area (TPSA) is 78.9 Å². The number of rotatable bonds is 1. The molecule has 6 nitrogen and oxygen atoms in total. The normalized spacial score (nSPS) is 26.3. The number of fused-ring (bicyclic) bond motifs is 2. The number of aliphatic hydroxyl groups excluding tert-OH is 1. The minimum atomic E-state index is -0.805. The molecule has 0 aromatic heterocycles. The summed E-state index contributed by atoms with van der Waals surface area (Å²) in [6.45, 7) is 5.40. The largest absolute Gasteiger partial charge is 0.444 e. The molecule has 1 aromatic rings. The van der Waals surface area contributed by atoms with Crippen LogP contribution in [0.1, 0.15) is 32.8 Å². The molecule has 0 radical (unpaired) electrons. The first-order valence-electron chi connectivity index (χ1n) is 7.78. The summed E-state index contributed by atoms with van der Waals surface area (Å²) in [5.41, 5.74) is 0.235. The molecule has 3 rings (SSSR count). The molecule has 0 aliphatic carbocycles. The minimum Gasteiger partial charge on any atom is -0.444 e. The smallest absolute Gasteiger partial charge is 0.410 e. The van der Waals surface area contributed by atoms with Gasteiger partial charge in [0.1, 0.15) is 5.60 Å². The highest BCUT2D eigenvalue weighted by molar-refractivity contribution is 6.07. The quantitative estimate of drug-likeness (QED) is 0.828. The first kappa shape index (κ1) is 15.8. The Morgan fingerprint density at radius 2 is 2.13 bits per heavy atom. The predicted molar refractivity (Wildman–Crippen MR) is 85.2 cm³/mol. The number of nitrogens with one attached hydrogen (secondary N) is 1. The Morgan fingerprint density at radius 3 is 2.78 bits per heavy atom. The van der Waals surface area contributed by atoms with E-state index in [9.17, 15) is 14.7 Å². The van der Waals surface area contributed by atoms with Gasteiger partial charge in [-0.3, -0.25) is 4.79 Å². The maximum Gasteiger partial charge on any atom is 0.410 e. The van der Waals surface area contributed by atoms with Crippen LogP contribution in [-0.2, 0) is 14.9 Å². The third-order valence-corrected chi connectivity index (χ3v) is 4.43. The highest BCUT2D eigenvalue weighted by Gasteiger charge is 2.56. The van der Waals surface area contributed by atoms with E-state index >= 15 is 0 Å². The van der Waals surface area contributed by atoms with Crippen molar-refractivity contribution in [2.75, 3.05) is 18.5 Å². The van der Waals surface area contributed by atoms with Crippen LogP contribution in [0.25, 0.3) is 0 Å². The second kappa shape index (κ2) is 5.23. The number of amides is 2. The molecular weight excluding hydrogens is 296 g/mol. The Labute approximate surface area is 135 Å². The molecule has 2 atom stereocenters. The van der Waals surface area contributed by atoms with Crippen LogP contribution in [0, 0.1) is 0 Å². The number of carbonyl (C=O) groups is 2. The number of aliphatic hydroxyl groups is 1. The maximum absolute atomic E-state index is 12.6. The Kier molecular flexibility index (Phi) is 3.59. The summed E-state index contributed by atoms with van der Waals surface area (Å²) in [6.07, 6.45) is -0.100. The number of anilines is 1. The summed E-state index contributed by atoms with van der Waals surface area (Å²) in [5.74, 6) is -0.122. The van der Waals surface area contributed by atoms with Gasteiger partial charge in [0, 0.05) is 12.2 Å². The minimum absolute atomic E-state index is 0.122. The van der Waals surface area contributed by atoms with Crippen molar-refractivity contribution in [1.82, 2.24) is 4.90 Å². The lowest BCUT2D eigenvalue weighted by atomic mass is 9.79. The Bertz CT molecular complexity index is 652. The fourth-order valence-corrected chi connectivity index (χ4v) is 3.43. The van der Waals surface area contributed by atoms with Crippen LogP contribution in [0.3, 0.4) is 0 Å². The number of carbonyl (C=O) groups excluding carboxylic acids is 2. The summed E-state index contributed by atoms with van der Waals surface area (Å²) in [5, 5.41) is 12.6. The Balaban J connectivity index is 1.93. The van der Waals surface area contributed by atoms with Crippen molar-refractivity contribution in [1.29, 1.82) is 0 Å². The lowest BCUT2D eigenvalue weighted by molar-refractivity contribution is -0.120. The average molecular weight is 318 g/mol. The number of benzene rings is 1. The second-order valence-electron chi connectivity index (χ2n) is 7.23. The van der Waals surface area contributed by atoms with E-state index in [1.54, 1.807) is 20.8 Å². The van der Waals surface area contributed by atoms with E-state index in [2.05, 4.69) is 5.32 Å². The summed E-state index contributed by atoms with van der Waals surface area (Å²) >= 11 is 0. The first-order chi connectivity index (χ1) is 10.8. The van der Waals surface area contributed by atoms with Crippen LogP contribution in [0.4, 0.5) is 10.5 Å². The fraction of sp³-hybridized carbons (Fsp3) is 0.529. The predicted octanol–water partition coefficient (Wildman–Crippen LogP) is 1.88. The molecule has 1 fully saturated rings. The number of para-hydroxylation sites is 1. The van der Waals surface area contributed by atoms with Crippen LogP contribution in [-0.4, -0.2) is 46.8 Å². The lowest BCUT2D eigenvalue weighted by Gasteiger charge is -2.28. The van der Waals surface area contributed by atoms with Crippen molar-refractivity contribution in [2.45, 2.75) is 44.2 Å². The first-order valence-corrected chi connectivity index (χ1v) is 7.78. The van der Waals surface area contributed by atoms with Gasteiger partial charge in [0.05, 0.1) is 18.1 Å². The molecule has 2 N–H and O–H groups in total. The van der Waals surface area contributed by atoms with Crippen molar-refractivity contribution in [3.63, 3.8) is 0 Å². The van der Waals surface area contributed by atoms with Gasteiger partial charge in [-0.25, -0.2) is 4.79 Å². The molecule has 1 spiro atoms. The van der Waals surface area contributed by atoms with Crippen LogP contribution in [0.5, 0.6) is 0 Å². The zero-order chi connectivity index (χ0) is 16.8. The number of nitrogens with zero attached hydrogens (tertiary/aromatic N) is 1. The zero-order valence-corrected chi connectivity index (χ0v) is 13.6. The van der Waals surface area contributed by atoms with Gasteiger partial charge in [0.2, 0.25) is 5.91 Å². The summed E-state index contributed by atoms with van der Waals surface area (Å²) in [4.78, 5) is 26.5. The van der Waals surface area contributed by atoms with Gasteiger partial charge in [0.25, 0.3) is 0 Å². The van der Waals surface area contributed by atoms with E-state index in [1.165, 1.54) is 4.90 Å². The zero-order valence-electron chi connectivity index (χ0n) is 13.6. The number of hydrogen-bond donors (Lipinski definition) is 2. The molecular formula is C17H22N2O4. The van der Waals surface area contributed by atoms with E-state index in [1.807, 2.05) is 24.3 Å². The van der Waals surface area contributed by atoms with Crippen LogP contribution in [0.2, 0.25) is 0 Å². The van der Waals surface area contributed by atoms with Gasteiger partial charge in [-0.15, -0.1) is 0 Å². The monoisotopic (exact) mass is 318 g/mol. The Morgan fingerprint density at radius 1 is 1.43 bits per heavy atom. The summed E-state index contributed by atoms with van der Waals surface area (Å²) in [6, 6.07) is 7.07. The van der Waals surface area contributed by atoms with Gasteiger partial charge >= 0.3 is 6.09 Å². The molecule has 1 aromatic carbocycles. The van der Waals surface area contributed by atoms with Crippen molar-refractivity contribution >= 4 is 17.7 Å². The molecule has 0 saturated carbocycles. The van der Waals surface area contributed by atoms with E-state index < -0.39 is 23.2 Å². The molecule has 6 heteroatoms. The summed E-state index contributed by atoms with van der Waals surface area (Å²) < 4.78 is 5.42. The third kappa shape index (κ3) is 2.57. The van der Waals surface area contributed by atoms with Gasteiger partial charge in [-0.1, -0.05) is 18.2 Å². The molecule has 2 aliphatic heterocycles. The van der Waals surface area contributed by atoms with Gasteiger partial charge < -0.3 is 20.1 Å². The van der Waals surface area contributed by atoms with Gasteiger partial charge in [-0.2, -0.15) is 0 Å². The molecule has 0 bridgehead atoms. The maximum atomic E-state index is 12.6. The molecule has 2 aliphatic rings. The highest BCUT2D eigenvalue weighted by Crippen LogP contribution is 2.46. The van der Waals surface area contributed by atoms with Crippen molar-refractivity contribution in [3.8, 4) is 0 Å². The molecule has 2 amide bonds. The van der Waals surface area contributed by atoms with E-state index in [-0.39, 0.29) is 19.1 Å². The molecule has 1 saturated heterocycles. The standard InChI is InChI=1S/C17H22N2O4/c1-16(2,3)23-15(22)19-10-17(8-11(19)9-20)12-6-4-5-7-13(12)18-14(17)21/h4-7,11,20H,8-10H2,1-3H3,(H,18,21)/t11-,17-/m1/s1. The van der Waals surface area contributed by atoms with Crippen LogP contribution >= 0.6 is 0 Å². The van der Waals surface area contributed by atoms with E-state index in [4.69, 9.17) is 4.74 Å². The summed E-state index contributed by atoms with van der Waals surface area (Å²) in [7, 11) is 0. The van der Waals surface area contributed by atoms with Crippen molar-refractivity contribution in [3.05, 3.63) is 29.8 Å². The average Bonchev–Trinajstić information content (AvgIpc) is 2.98. The molecule has 23 heavy (non-hydrogen) atoms. The number of ether oxygens (including phenoxy) is 1. The van der Waals surface area contributed by atoms with Gasteiger partial charge in [0.15, 0.2) is 0 Å². The fourth-order valence-electron chi connectivity index (χ4n) is 3.43. The van der Waals surface area contributed by atoms with E-state index in [0.29, 0.717) is 6.42 Å². The SMILES string of the molecule is CC(C)(C)OC(=O)N1C[C@@]2(C[C@@H]1CO)C(=O)Nc1ccccc12. The number of hydrogen-bond acceptors (Lipinski definition) is 4. The van der Waals surface area contributed by atoms with Crippen molar-refractivity contribution < 1.29 is 19.4 Å². The molecule has 2 heterocycles.